The van der Waals surface area contributed by atoms with Gasteiger partial charge < -0.3 is 11.1 Å². The van der Waals surface area contributed by atoms with Crippen molar-refractivity contribution in [2.24, 2.45) is 0 Å². The number of aryl methyl sites for hydroxylation is 1. The average Bonchev–Trinajstić information content (AvgIpc) is 2.24. The van der Waals surface area contributed by atoms with E-state index in [2.05, 4.69) is 12.2 Å². The topological polar surface area (TPSA) is 55.1 Å². The Kier molecular flexibility index (Phi) is 3.36. The standard InChI is InChI=1S/C14H20N2O/c1-14(8-3-9-14)16-13(17)7-6-11-4-2-5-12(15)10-11/h2,4-5,10H,3,6-9,15H2,1H3,(H,16,17). The molecule has 1 aliphatic carbocycles. The summed E-state index contributed by atoms with van der Waals surface area (Å²) in [5.74, 6) is 0.148. The summed E-state index contributed by atoms with van der Waals surface area (Å²) in [6, 6.07) is 7.72. The van der Waals surface area contributed by atoms with Crippen molar-refractivity contribution in [3.63, 3.8) is 0 Å². The molecule has 3 heteroatoms. The Hall–Kier alpha value is -1.51. The fourth-order valence-electron chi connectivity index (χ4n) is 2.24. The molecule has 0 aliphatic heterocycles. The largest absolute Gasteiger partial charge is 0.399 e. The van der Waals surface area contributed by atoms with E-state index in [9.17, 15) is 4.79 Å². The predicted molar refractivity (Wildman–Crippen MR) is 69.6 cm³/mol. The number of benzene rings is 1. The zero-order chi connectivity index (χ0) is 12.3. The van der Waals surface area contributed by atoms with Gasteiger partial charge >= 0.3 is 0 Å². The third kappa shape index (κ3) is 3.22. The van der Waals surface area contributed by atoms with Gasteiger partial charge in [-0.1, -0.05) is 12.1 Å². The van der Waals surface area contributed by atoms with Gasteiger partial charge in [0.2, 0.25) is 5.91 Å². The molecule has 1 aliphatic rings. The molecule has 0 atom stereocenters. The van der Waals surface area contributed by atoms with Gasteiger partial charge in [-0.2, -0.15) is 0 Å². The molecular weight excluding hydrogens is 212 g/mol. The van der Waals surface area contributed by atoms with E-state index in [0.29, 0.717) is 6.42 Å². The first-order valence-corrected chi connectivity index (χ1v) is 6.23. The van der Waals surface area contributed by atoms with Crippen LogP contribution in [0.4, 0.5) is 5.69 Å². The number of hydrogen-bond donors (Lipinski definition) is 2. The van der Waals surface area contributed by atoms with Gasteiger partial charge in [-0.15, -0.1) is 0 Å². The van der Waals surface area contributed by atoms with Crippen LogP contribution in [-0.4, -0.2) is 11.4 Å². The van der Waals surface area contributed by atoms with Crippen LogP contribution >= 0.6 is 0 Å². The van der Waals surface area contributed by atoms with Crippen LogP contribution in [0.25, 0.3) is 0 Å². The molecule has 0 bridgehead atoms. The second-order valence-electron chi connectivity index (χ2n) is 5.21. The number of hydrogen-bond acceptors (Lipinski definition) is 2. The van der Waals surface area contributed by atoms with Crippen LogP contribution in [0, 0.1) is 0 Å². The van der Waals surface area contributed by atoms with Gasteiger partial charge in [-0.3, -0.25) is 4.79 Å². The third-order valence-electron chi connectivity index (χ3n) is 3.49. The summed E-state index contributed by atoms with van der Waals surface area (Å²) in [7, 11) is 0. The molecule has 0 aromatic heterocycles. The molecule has 17 heavy (non-hydrogen) atoms. The second-order valence-corrected chi connectivity index (χ2v) is 5.21. The summed E-state index contributed by atoms with van der Waals surface area (Å²) in [5, 5.41) is 3.11. The zero-order valence-electron chi connectivity index (χ0n) is 10.3. The Labute approximate surface area is 102 Å². The fourth-order valence-corrected chi connectivity index (χ4v) is 2.24. The van der Waals surface area contributed by atoms with E-state index in [1.807, 2.05) is 24.3 Å². The smallest absolute Gasteiger partial charge is 0.220 e. The minimum atomic E-state index is 0.0623. The molecule has 0 spiro atoms. The van der Waals surface area contributed by atoms with Crippen molar-refractivity contribution in [2.45, 2.75) is 44.6 Å². The van der Waals surface area contributed by atoms with Crippen LogP contribution in [0.3, 0.4) is 0 Å². The Balaban J connectivity index is 1.80. The lowest BCUT2D eigenvalue weighted by atomic mass is 9.78. The summed E-state index contributed by atoms with van der Waals surface area (Å²) >= 11 is 0. The number of nitrogens with two attached hydrogens (primary N) is 1. The molecule has 0 saturated heterocycles. The molecule has 1 fully saturated rings. The lowest BCUT2D eigenvalue weighted by Crippen LogP contribution is -2.50. The molecule has 1 saturated carbocycles. The van der Waals surface area contributed by atoms with E-state index in [1.165, 1.54) is 6.42 Å². The molecule has 1 aromatic carbocycles. The van der Waals surface area contributed by atoms with Crippen LogP contribution in [0.2, 0.25) is 0 Å². The van der Waals surface area contributed by atoms with Crippen LogP contribution < -0.4 is 11.1 Å². The zero-order valence-corrected chi connectivity index (χ0v) is 10.3. The molecule has 3 nitrogen and oxygen atoms in total. The highest BCUT2D eigenvalue weighted by Gasteiger charge is 2.32. The van der Waals surface area contributed by atoms with Crippen molar-refractivity contribution in [1.29, 1.82) is 0 Å². The van der Waals surface area contributed by atoms with Gasteiger partial charge in [0.1, 0.15) is 0 Å². The minimum Gasteiger partial charge on any atom is -0.399 e. The summed E-state index contributed by atoms with van der Waals surface area (Å²) in [4.78, 5) is 11.8. The van der Waals surface area contributed by atoms with Crippen molar-refractivity contribution in [1.82, 2.24) is 5.32 Å². The number of carbonyl (C=O) groups is 1. The molecule has 1 amide bonds. The van der Waals surface area contributed by atoms with Gasteiger partial charge in [0, 0.05) is 17.6 Å². The lowest BCUT2D eigenvalue weighted by Gasteiger charge is -2.39. The van der Waals surface area contributed by atoms with E-state index < -0.39 is 0 Å². The van der Waals surface area contributed by atoms with Crippen molar-refractivity contribution < 1.29 is 4.79 Å². The normalized spacial score (nSPS) is 17.2. The number of carbonyl (C=O) groups excluding carboxylic acids is 1. The first-order chi connectivity index (χ1) is 8.07. The number of anilines is 1. The van der Waals surface area contributed by atoms with E-state index in [4.69, 9.17) is 5.73 Å². The van der Waals surface area contributed by atoms with Crippen LogP contribution in [0.1, 0.15) is 38.2 Å². The summed E-state index contributed by atoms with van der Waals surface area (Å²) in [5.41, 5.74) is 7.64. The molecule has 0 radical (unpaired) electrons. The molecular formula is C14H20N2O. The molecule has 0 heterocycles. The summed E-state index contributed by atoms with van der Waals surface area (Å²) in [6.45, 7) is 2.12. The molecule has 2 rings (SSSR count). The Bertz CT molecular complexity index is 410. The Morgan fingerprint density at radius 2 is 2.24 bits per heavy atom. The van der Waals surface area contributed by atoms with E-state index in [0.717, 1.165) is 30.5 Å². The van der Waals surface area contributed by atoms with Gasteiger partial charge in [-0.25, -0.2) is 0 Å². The predicted octanol–water partition coefficient (Wildman–Crippen LogP) is 2.26. The maximum Gasteiger partial charge on any atom is 0.220 e. The number of nitrogens with one attached hydrogen (secondary N) is 1. The van der Waals surface area contributed by atoms with E-state index in [1.54, 1.807) is 0 Å². The molecule has 92 valence electrons. The maximum atomic E-state index is 11.8. The molecule has 0 unspecified atom stereocenters. The average molecular weight is 232 g/mol. The number of nitrogen functional groups attached to an aromatic ring is 1. The molecule has 1 aromatic rings. The summed E-state index contributed by atoms with van der Waals surface area (Å²) < 4.78 is 0. The second kappa shape index (κ2) is 4.78. The van der Waals surface area contributed by atoms with Crippen molar-refractivity contribution in [3.05, 3.63) is 29.8 Å². The minimum absolute atomic E-state index is 0.0623. The highest BCUT2D eigenvalue weighted by Crippen LogP contribution is 2.30. The highest BCUT2D eigenvalue weighted by atomic mass is 16.1. The monoisotopic (exact) mass is 232 g/mol. The van der Waals surface area contributed by atoms with Crippen LogP contribution in [0.5, 0.6) is 0 Å². The van der Waals surface area contributed by atoms with E-state index in [-0.39, 0.29) is 11.4 Å². The third-order valence-corrected chi connectivity index (χ3v) is 3.49. The number of rotatable bonds is 4. The highest BCUT2D eigenvalue weighted by molar-refractivity contribution is 5.77. The maximum absolute atomic E-state index is 11.8. The Morgan fingerprint density at radius 3 is 2.82 bits per heavy atom. The van der Waals surface area contributed by atoms with E-state index >= 15 is 0 Å². The van der Waals surface area contributed by atoms with Crippen LogP contribution in [0.15, 0.2) is 24.3 Å². The van der Waals surface area contributed by atoms with Gasteiger partial charge in [0.05, 0.1) is 0 Å². The SMILES string of the molecule is CC1(NC(=O)CCc2cccc(N)c2)CCC1. The van der Waals surface area contributed by atoms with Crippen LogP contribution in [-0.2, 0) is 11.2 Å². The first-order valence-electron chi connectivity index (χ1n) is 6.23. The molecule has 3 N–H and O–H groups in total. The van der Waals surface area contributed by atoms with Gasteiger partial charge in [0.15, 0.2) is 0 Å². The first kappa shape index (κ1) is 12.0. The Morgan fingerprint density at radius 1 is 1.47 bits per heavy atom. The fraction of sp³-hybridized carbons (Fsp3) is 0.500. The van der Waals surface area contributed by atoms with Crippen molar-refractivity contribution >= 4 is 11.6 Å². The lowest BCUT2D eigenvalue weighted by molar-refractivity contribution is -0.123. The number of amides is 1. The van der Waals surface area contributed by atoms with Gasteiger partial charge in [-0.05, 0) is 50.3 Å². The van der Waals surface area contributed by atoms with Crippen molar-refractivity contribution in [2.75, 3.05) is 5.73 Å². The van der Waals surface area contributed by atoms with Gasteiger partial charge in [0.25, 0.3) is 0 Å². The summed E-state index contributed by atoms with van der Waals surface area (Å²) in [6.07, 6.45) is 4.74. The quantitative estimate of drug-likeness (QED) is 0.782. The van der Waals surface area contributed by atoms with Crippen molar-refractivity contribution in [3.8, 4) is 0 Å².